The van der Waals surface area contributed by atoms with E-state index in [1.54, 1.807) is 0 Å². The minimum Gasteiger partial charge on any atom is -0.341 e. The van der Waals surface area contributed by atoms with Crippen molar-refractivity contribution in [2.75, 3.05) is 0 Å². The summed E-state index contributed by atoms with van der Waals surface area (Å²) in [6.07, 6.45) is 4.32. The number of alkyl halides is 3. The molecule has 0 amide bonds. The quantitative estimate of drug-likeness (QED) is 0.381. The normalized spacial score (nSPS) is 15.4. The summed E-state index contributed by atoms with van der Waals surface area (Å²) in [5.41, 5.74) is 0. The molecule has 0 saturated carbocycles. The summed E-state index contributed by atoms with van der Waals surface area (Å²) >= 11 is 16.9. The molecule has 0 heterocycles. The fraction of sp³-hybridized carbons (Fsp3) is 1.00. The summed E-state index contributed by atoms with van der Waals surface area (Å²) in [5, 5.41) is 25.7. The summed E-state index contributed by atoms with van der Waals surface area (Å²) in [5.74, 6) is -3.19. The third kappa shape index (κ3) is 5.07. The molecule has 0 aromatic carbocycles. The van der Waals surface area contributed by atoms with Gasteiger partial charge < -0.3 is 15.3 Å². The zero-order valence-corrected chi connectivity index (χ0v) is 10.9. The van der Waals surface area contributed by atoms with Crippen LogP contribution in [0.2, 0.25) is 0 Å². The van der Waals surface area contributed by atoms with Gasteiger partial charge in [-0.2, -0.15) is 0 Å². The first-order valence-corrected chi connectivity index (χ1v) is 6.11. The van der Waals surface area contributed by atoms with Crippen LogP contribution in [-0.2, 0) is 0 Å². The molecule has 15 heavy (non-hydrogen) atoms. The molecule has 0 aliphatic carbocycles. The molecule has 3 nitrogen and oxygen atoms in total. The third-order valence-electron chi connectivity index (χ3n) is 2.15. The van der Waals surface area contributed by atoms with Gasteiger partial charge in [0.05, 0.1) is 5.38 Å². The Hall–Kier alpha value is 0.750. The summed E-state index contributed by atoms with van der Waals surface area (Å²) in [6, 6.07) is 0. The van der Waals surface area contributed by atoms with Crippen LogP contribution in [0.5, 0.6) is 0 Å². The van der Waals surface area contributed by atoms with E-state index >= 15 is 0 Å². The maximum absolute atomic E-state index is 8.88. The van der Waals surface area contributed by atoms with Crippen LogP contribution in [0.4, 0.5) is 0 Å². The molecule has 1 unspecified atom stereocenters. The summed E-state index contributed by atoms with van der Waals surface area (Å²) in [7, 11) is 0. The smallest absolute Gasteiger partial charge is 0.311 e. The fourth-order valence-electron chi connectivity index (χ4n) is 1.14. The first-order chi connectivity index (χ1) is 6.73. The van der Waals surface area contributed by atoms with Crippen LogP contribution in [0.3, 0.4) is 0 Å². The SMILES string of the molecule is CCCCCCC(Cl)C(Cl)(Cl)C(O)(O)O. The lowest BCUT2D eigenvalue weighted by molar-refractivity contribution is -0.319. The van der Waals surface area contributed by atoms with Crippen molar-refractivity contribution < 1.29 is 15.3 Å². The average molecular weight is 280 g/mol. The molecule has 0 aliphatic rings. The van der Waals surface area contributed by atoms with Gasteiger partial charge in [0.15, 0.2) is 0 Å². The summed E-state index contributed by atoms with van der Waals surface area (Å²) < 4.78 is -2.18. The monoisotopic (exact) mass is 278 g/mol. The largest absolute Gasteiger partial charge is 0.341 e. The van der Waals surface area contributed by atoms with Crippen molar-refractivity contribution >= 4 is 34.8 Å². The predicted molar refractivity (Wildman–Crippen MR) is 62.2 cm³/mol. The van der Waals surface area contributed by atoms with Gasteiger partial charge >= 0.3 is 5.97 Å². The molecule has 0 saturated heterocycles. The second kappa shape index (κ2) is 6.48. The van der Waals surface area contributed by atoms with Crippen LogP contribution in [0, 0.1) is 0 Å². The van der Waals surface area contributed by atoms with Crippen molar-refractivity contribution in [1.82, 2.24) is 0 Å². The molecular weight excluding hydrogens is 262 g/mol. The number of halogens is 3. The Balaban J connectivity index is 4.03. The molecule has 0 bridgehead atoms. The Morgan fingerprint density at radius 2 is 1.60 bits per heavy atom. The van der Waals surface area contributed by atoms with E-state index in [-0.39, 0.29) is 0 Å². The fourth-order valence-corrected chi connectivity index (χ4v) is 1.66. The van der Waals surface area contributed by atoms with E-state index in [9.17, 15) is 0 Å². The zero-order chi connectivity index (χ0) is 12.1. The van der Waals surface area contributed by atoms with Gasteiger partial charge in [-0.3, -0.25) is 0 Å². The van der Waals surface area contributed by atoms with Crippen molar-refractivity contribution in [3.05, 3.63) is 0 Å². The van der Waals surface area contributed by atoms with E-state index in [0.717, 1.165) is 25.7 Å². The van der Waals surface area contributed by atoms with Crippen LogP contribution in [0.25, 0.3) is 0 Å². The predicted octanol–water partition coefficient (Wildman–Crippen LogP) is 2.37. The molecule has 0 aromatic heterocycles. The van der Waals surface area contributed by atoms with Gasteiger partial charge in [0.25, 0.3) is 0 Å². The van der Waals surface area contributed by atoms with Crippen molar-refractivity contribution in [2.45, 2.75) is 54.7 Å². The minimum atomic E-state index is -3.19. The number of hydrogen-bond acceptors (Lipinski definition) is 3. The van der Waals surface area contributed by atoms with E-state index < -0.39 is 15.7 Å². The highest BCUT2D eigenvalue weighted by atomic mass is 35.5. The standard InChI is InChI=1S/C9H17Cl3O3/c1-2-3-4-5-6-7(10)8(11,12)9(13,14)15/h7,13-15H,2-6H2,1H3. The van der Waals surface area contributed by atoms with Crippen LogP contribution in [0.1, 0.15) is 39.0 Å². The van der Waals surface area contributed by atoms with Crippen molar-refractivity contribution in [3.63, 3.8) is 0 Å². The molecule has 0 spiro atoms. The number of aliphatic hydroxyl groups is 3. The van der Waals surface area contributed by atoms with Gasteiger partial charge in [-0.15, -0.1) is 11.6 Å². The molecule has 0 rings (SSSR count). The summed E-state index contributed by atoms with van der Waals surface area (Å²) in [6.45, 7) is 2.08. The Morgan fingerprint density at radius 1 is 1.07 bits per heavy atom. The van der Waals surface area contributed by atoms with E-state index in [2.05, 4.69) is 6.92 Å². The molecule has 1 atom stereocenters. The van der Waals surface area contributed by atoms with Crippen molar-refractivity contribution in [1.29, 1.82) is 0 Å². The lowest BCUT2D eigenvalue weighted by Crippen LogP contribution is -2.51. The van der Waals surface area contributed by atoms with E-state index in [4.69, 9.17) is 50.1 Å². The first-order valence-electron chi connectivity index (χ1n) is 4.92. The van der Waals surface area contributed by atoms with E-state index in [1.807, 2.05) is 0 Å². The molecule has 3 N–H and O–H groups in total. The Kier molecular flexibility index (Phi) is 6.80. The van der Waals surface area contributed by atoms with Crippen LogP contribution < -0.4 is 0 Å². The van der Waals surface area contributed by atoms with Gasteiger partial charge in [0.1, 0.15) is 0 Å². The highest BCUT2D eigenvalue weighted by Gasteiger charge is 2.51. The van der Waals surface area contributed by atoms with Gasteiger partial charge in [-0.1, -0.05) is 55.8 Å². The summed E-state index contributed by atoms with van der Waals surface area (Å²) in [4.78, 5) is 0. The first kappa shape index (κ1) is 15.8. The second-order valence-corrected chi connectivity index (χ2v) is 5.49. The zero-order valence-electron chi connectivity index (χ0n) is 8.59. The topological polar surface area (TPSA) is 60.7 Å². The van der Waals surface area contributed by atoms with Crippen molar-refractivity contribution in [2.24, 2.45) is 0 Å². The molecule has 0 aromatic rings. The Labute approximate surface area is 105 Å². The number of unbranched alkanes of at least 4 members (excludes halogenated alkanes) is 3. The molecule has 0 fully saturated rings. The van der Waals surface area contributed by atoms with Gasteiger partial charge in [0, 0.05) is 0 Å². The van der Waals surface area contributed by atoms with Crippen molar-refractivity contribution in [3.8, 4) is 0 Å². The van der Waals surface area contributed by atoms with Gasteiger partial charge in [-0.25, -0.2) is 0 Å². The minimum absolute atomic E-state index is 0.415. The second-order valence-electron chi connectivity index (χ2n) is 3.58. The van der Waals surface area contributed by atoms with Crippen LogP contribution in [-0.4, -0.2) is 31.0 Å². The van der Waals surface area contributed by atoms with Crippen LogP contribution >= 0.6 is 34.8 Å². The third-order valence-corrected chi connectivity index (χ3v) is 3.95. The van der Waals surface area contributed by atoms with Gasteiger partial charge in [0.2, 0.25) is 4.33 Å². The molecule has 0 aliphatic heterocycles. The molecule has 92 valence electrons. The van der Waals surface area contributed by atoms with E-state index in [0.29, 0.717) is 6.42 Å². The van der Waals surface area contributed by atoms with Crippen LogP contribution in [0.15, 0.2) is 0 Å². The molecular formula is C9H17Cl3O3. The number of hydrogen-bond donors (Lipinski definition) is 3. The maximum atomic E-state index is 8.88. The highest BCUT2D eigenvalue weighted by molar-refractivity contribution is 6.52. The number of rotatable bonds is 7. The Bertz CT molecular complexity index is 180. The highest BCUT2D eigenvalue weighted by Crippen LogP contribution is 2.39. The van der Waals surface area contributed by atoms with E-state index in [1.165, 1.54) is 0 Å². The lowest BCUT2D eigenvalue weighted by Gasteiger charge is -2.32. The molecule has 0 radical (unpaired) electrons. The maximum Gasteiger partial charge on any atom is 0.311 e. The average Bonchev–Trinajstić information content (AvgIpc) is 2.10. The Morgan fingerprint density at radius 3 is 2.00 bits per heavy atom. The lowest BCUT2D eigenvalue weighted by atomic mass is 10.1. The molecule has 6 heteroatoms. The van der Waals surface area contributed by atoms with Gasteiger partial charge in [-0.05, 0) is 6.42 Å².